The number of hydrogen-bond acceptors (Lipinski definition) is 5. The molecule has 1 heterocycles. The molecule has 1 aromatic carbocycles. The number of halogens is 1. The van der Waals surface area contributed by atoms with Crippen LogP contribution in [-0.2, 0) is 32.5 Å². The van der Waals surface area contributed by atoms with Crippen molar-refractivity contribution in [3.63, 3.8) is 0 Å². The monoisotopic (exact) mass is 390 g/mol. The van der Waals surface area contributed by atoms with Crippen molar-refractivity contribution < 1.29 is 17.9 Å². The predicted octanol–water partition coefficient (Wildman–Crippen LogP) is 1.63. The van der Waals surface area contributed by atoms with Crippen molar-refractivity contribution >= 4 is 28.4 Å². The summed E-state index contributed by atoms with van der Waals surface area (Å²) in [4.78, 5) is 12.5. The molecular weight excluding hydrogens is 364 g/mol. The lowest BCUT2D eigenvalue weighted by Gasteiger charge is -2.35. The number of rotatable bonds is 7. The topological polar surface area (TPSA) is 84.5 Å². The van der Waals surface area contributed by atoms with E-state index in [1.165, 1.54) is 0 Å². The molecule has 0 amide bonds. The highest BCUT2D eigenvalue weighted by molar-refractivity contribution is 7.88. The molecular formula is C17H27ClN2O4S. The Bertz CT molecular complexity index is 673. The zero-order chi connectivity index (χ0) is 17.6. The number of nitrogens with one attached hydrogen (secondary N) is 2. The summed E-state index contributed by atoms with van der Waals surface area (Å²) >= 11 is 0. The van der Waals surface area contributed by atoms with Gasteiger partial charge in [-0.2, -0.15) is 0 Å². The summed E-state index contributed by atoms with van der Waals surface area (Å²) in [6, 6.07) is 7.71. The summed E-state index contributed by atoms with van der Waals surface area (Å²) in [7, 11) is -3.23. The molecule has 142 valence electrons. The number of carbonyl (C=O) groups excluding carboxylic acids is 1. The lowest BCUT2D eigenvalue weighted by Crippen LogP contribution is -2.44. The SMILES string of the molecule is CCOC(=O)C1(Cc2cccc(CNS(C)(=O)=O)c2)CCNCC1.Cl. The van der Waals surface area contributed by atoms with Crippen LogP contribution in [0.5, 0.6) is 0 Å². The number of hydrogen-bond donors (Lipinski definition) is 2. The van der Waals surface area contributed by atoms with E-state index < -0.39 is 15.4 Å². The summed E-state index contributed by atoms with van der Waals surface area (Å²) in [5, 5.41) is 3.29. The maximum atomic E-state index is 12.5. The van der Waals surface area contributed by atoms with Gasteiger partial charge in [0.2, 0.25) is 10.0 Å². The van der Waals surface area contributed by atoms with Gasteiger partial charge in [-0.15, -0.1) is 12.4 Å². The molecule has 8 heteroatoms. The Kier molecular flexibility index (Phi) is 8.34. The van der Waals surface area contributed by atoms with Gasteiger partial charge in [0.1, 0.15) is 0 Å². The van der Waals surface area contributed by atoms with E-state index in [0.717, 1.165) is 43.3 Å². The number of carbonyl (C=O) groups is 1. The van der Waals surface area contributed by atoms with Crippen LogP contribution in [-0.4, -0.2) is 40.3 Å². The average molecular weight is 391 g/mol. The molecule has 0 spiro atoms. The lowest BCUT2D eigenvalue weighted by atomic mass is 9.74. The fraction of sp³-hybridized carbons (Fsp3) is 0.588. The molecule has 1 aromatic rings. The zero-order valence-electron chi connectivity index (χ0n) is 14.7. The third-order valence-corrected chi connectivity index (χ3v) is 5.01. The number of benzene rings is 1. The van der Waals surface area contributed by atoms with Crippen LogP contribution in [0, 0.1) is 5.41 Å². The summed E-state index contributed by atoms with van der Waals surface area (Å²) in [6.45, 7) is 4.05. The van der Waals surface area contributed by atoms with Gasteiger partial charge in [0.25, 0.3) is 0 Å². The van der Waals surface area contributed by atoms with Crippen molar-refractivity contribution in [1.82, 2.24) is 10.0 Å². The Balaban J connectivity index is 0.00000312. The van der Waals surface area contributed by atoms with Gasteiger partial charge in [-0.1, -0.05) is 24.3 Å². The molecule has 0 atom stereocenters. The van der Waals surface area contributed by atoms with E-state index >= 15 is 0 Å². The second-order valence-corrected chi connectivity index (χ2v) is 8.17. The van der Waals surface area contributed by atoms with Gasteiger partial charge in [0, 0.05) is 6.54 Å². The van der Waals surface area contributed by atoms with Crippen molar-refractivity contribution in [3.8, 4) is 0 Å². The highest BCUT2D eigenvalue weighted by Gasteiger charge is 2.40. The molecule has 2 rings (SSSR count). The number of esters is 1. The van der Waals surface area contributed by atoms with Crippen LogP contribution in [0.3, 0.4) is 0 Å². The highest BCUT2D eigenvalue weighted by atomic mass is 35.5. The number of ether oxygens (including phenoxy) is 1. The molecule has 25 heavy (non-hydrogen) atoms. The second kappa shape index (κ2) is 9.52. The molecule has 1 aliphatic rings. The van der Waals surface area contributed by atoms with E-state index in [4.69, 9.17) is 4.74 Å². The first-order chi connectivity index (χ1) is 11.3. The summed E-state index contributed by atoms with van der Waals surface area (Å²) in [5.74, 6) is -0.133. The van der Waals surface area contributed by atoms with Crippen LogP contribution in [0.25, 0.3) is 0 Å². The van der Waals surface area contributed by atoms with Crippen LogP contribution in [0.1, 0.15) is 30.9 Å². The van der Waals surface area contributed by atoms with Crippen LogP contribution in [0.4, 0.5) is 0 Å². The fourth-order valence-corrected chi connectivity index (χ4v) is 3.53. The van der Waals surface area contributed by atoms with Gasteiger partial charge in [-0.05, 0) is 50.4 Å². The third kappa shape index (κ3) is 6.58. The Morgan fingerprint density at radius 3 is 2.52 bits per heavy atom. The molecule has 1 aliphatic heterocycles. The molecule has 6 nitrogen and oxygen atoms in total. The van der Waals surface area contributed by atoms with Crippen LogP contribution in [0.15, 0.2) is 24.3 Å². The average Bonchev–Trinajstić information content (AvgIpc) is 2.54. The summed E-state index contributed by atoms with van der Waals surface area (Å²) < 4.78 is 30.3. The minimum absolute atomic E-state index is 0. The molecule has 0 radical (unpaired) electrons. The molecule has 0 unspecified atom stereocenters. The Hall–Kier alpha value is -1.15. The molecule has 0 aromatic heterocycles. The van der Waals surface area contributed by atoms with E-state index in [1.807, 2.05) is 31.2 Å². The minimum Gasteiger partial charge on any atom is -0.466 e. The standard InChI is InChI=1S/C17H26N2O4S.ClH/c1-3-23-16(20)17(7-9-18-10-8-17)12-14-5-4-6-15(11-14)13-19-24(2,21)22;/h4-6,11,18-19H,3,7-10,12-13H2,1-2H3;1H. The smallest absolute Gasteiger partial charge is 0.312 e. The maximum absolute atomic E-state index is 12.5. The second-order valence-electron chi connectivity index (χ2n) is 6.34. The third-order valence-electron chi connectivity index (χ3n) is 4.34. The van der Waals surface area contributed by atoms with Gasteiger partial charge in [0.15, 0.2) is 0 Å². The lowest BCUT2D eigenvalue weighted by molar-refractivity contribution is -0.157. The van der Waals surface area contributed by atoms with Gasteiger partial charge < -0.3 is 10.1 Å². The molecule has 1 fully saturated rings. The first-order valence-electron chi connectivity index (χ1n) is 8.25. The minimum atomic E-state index is -3.23. The molecule has 0 bridgehead atoms. The molecule has 0 saturated carbocycles. The van der Waals surface area contributed by atoms with Gasteiger partial charge in [-0.3, -0.25) is 4.79 Å². The Morgan fingerprint density at radius 2 is 1.92 bits per heavy atom. The first kappa shape index (κ1) is 21.9. The van der Waals surface area contributed by atoms with E-state index in [9.17, 15) is 13.2 Å². The van der Waals surface area contributed by atoms with Gasteiger partial charge >= 0.3 is 5.97 Å². The van der Waals surface area contributed by atoms with Crippen molar-refractivity contribution in [3.05, 3.63) is 35.4 Å². The molecule has 0 aliphatic carbocycles. The molecule has 1 saturated heterocycles. The molecule has 2 N–H and O–H groups in total. The van der Waals surface area contributed by atoms with E-state index in [0.29, 0.717) is 13.0 Å². The zero-order valence-corrected chi connectivity index (χ0v) is 16.3. The largest absolute Gasteiger partial charge is 0.466 e. The Labute approximate surface area is 156 Å². The Morgan fingerprint density at radius 1 is 1.28 bits per heavy atom. The number of piperidine rings is 1. The van der Waals surface area contributed by atoms with Crippen LogP contribution < -0.4 is 10.0 Å². The van der Waals surface area contributed by atoms with E-state index in [-0.39, 0.29) is 24.9 Å². The van der Waals surface area contributed by atoms with Crippen LogP contribution >= 0.6 is 12.4 Å². The van der Waals surface area contributed by atoms with Crippen LogP contribution in [0.2, 0.25) is 0 Å². The van der Waals surface area contributed by atoms with Crippen molar-refractivity contribution in [2.75, 3.05) is 26.0 Å². The normalized spacial score (nSPS) is 16.7. The van der Waals surface area contributed by atoms with Gasteiger partial charge in [0.05, 0.1) is 18.3 Å². The summed E-state index contributed by atoms with van der Waals surface area (Å²) in [5.41, 5.74) is 1.41. The van der Waals surface area contributed by atoms with Crippen molar-refractivity contribution in [2.45, 2.75) is 32.7 Å². The number of sulfonamides is 1. The van der Waals surface area contributed by atoms with E-state index in [1.54, 1.807) is 0 Å². The summed E-state index contributed by atoms with van der Waals surface area (Å²) in [6.07, 6.45) is 3.25. The van der Waals surface area contributed by atoms with Crippen molar-refractivity contribution in [2.24, 2.45) is 5.41 Å². The van der Waals surface area contributed by atoms with Gasteiger partial charge in [-0.25, -0.2) is 13.1 Å². The predicted molar refractivity (Wildman–Crippen MR) is 100 cm³/mol. The maximum Gasteiger partial charge on any atom is 0.312 e. The first-order valence-corrected chi connectivity index (χ1v) is 10.1. The van der Waals surface area contributed by atoms with E-state index in [2.05, 4.69) is 10.0 Å². The highest BCUT2D eigenvalue weighted by Crippen LogP contribution is 2.34. The quantitative estimate of drug-likeness (QED) is 0.691. The van der Waals surface area contributed by atoms with Crippen molar-refractivity contribution in [1.29, 1.82) is 0 Å². The fourth-order valence-electron chi connectivity index (χ4n) is 3.10.